The van der Waals surface area contributed by atoms with Crippen molar-refractivity contribution in [3.63, 3.8) is 0 Å². The average molecular weight is 433 g/mol. The Kier molecular flexibility index (Phi) is 6.39. The number of nitrogens with one attached hydrogen (secondary N) is 2. The smallest absolute Gasteiger partial charge is 0.262 e. The molecule has 0 aliphatic rings. The van der Waals surface area contributed by atoms with Gasteiger partial charge in [0.25, 0.3) is 5.91 Å². The number of nitrogens with zero attached hydrogens (tertiary/aromatic N) is 2. The molecule has 3 aromatic carbocycles. The van der Waals surface area contributed by atoms with Crippen LogP contribution in [0.5, 0.6) is 11.5 Å². The first kappa shape index (κ1) is 20.4. The molecule has 1 aromatic heterocycles. The van der Waals surface area contributed by atoms with Crippen molar-refractivity contribution in [3.8, 4) is 11.5 Å². The van der Waals surface area contributed by atoms with Gasteiger partial charge in [0.1, 0.15) is 11.5 Å². The highest BCUT2D eigenvalue weighted by Gasteiger charge is 2.07. The zero-order valence-corrected chi connectivity index (χ0v) is 17.6. The topological polar surface area (TPSA) is 84.8 Å². The summed E-state index contributed by atoms with van der Waals surface area (Å²) < 4.78 is 11.9. The number of ether oxygens (including phenoxy) is 2. The third kappa shape index (κ3) is 5.37. The Morgan fingerprint density at radius 3 is 2.65 bits per heavy atom. The molecule has 7 nitrogen and oxygen atoms in total. The normalized spacial score (nSPS) is 10.9. The van der Waals surface area contributed by atoms with Gasteiger partial charge in [-0.25, -0.2) is 4.98 Å². The van der Waals surface area contributed by atoms with Gasteiger partial charge < -0.3 is 14.8 Å². The van der Waals surface area contributed by atoms with Crippen LogP contribution in [0.15, 0.2) is 77.9 Å². The van der Waals surface area contributed by atoms with Crippen molar-refractivity contribution in [3.05, 3.63) is 78.4 Å². The summed E-state index contributed by atoms with van der Waals surface area (Å²) in [5.74, 6) is 0.917. The summed E-state index contributed by atoms with van der Waals surface area (Å²) in [6.45, 7) is -0.107. The van der Waals surface area contributed by atoms with Crippen LogP contribution < -0.4 is 20.2 Å². The fraction of sp³-hybridized carbons (Fsp3) is 0.0870. The molecule has 4 rings (SSSR count). The minimum absolute atomic E-state index is 0.107. The number of hydrogen-bond acceptors (Lipinski definition) is 7. The number of methoxy groups -OCH3 is 1. The second-order valence-electron chi connectivity index (χ2n) is 6.46. The van der Waals surface area contributed by atoms with Gasteiger partial charge in [-0.3, -0.25) is 10.2 Å². The van der Waals surface area contributed by atoms with Crippen molar-refractivity contribution >= 4 is 44.5 Å². The molecule has 31 heavy (non-hydrogen) atoms. The number of para-hydroxylation sites is 3. The van der Waals surface area contributed by atoms with Crippen LogP contribution in [0.25, 0.3) is 10.2 Å². The number of amides is 1. The number of aromatic nitrogens is 1. The number of fused-ring (bicyclic) bond motifs is 1. The van der Waals surface area contributed by atoms with Gasteiger partial charge in [-0.15, -0.1) is 0 Å². The number of carbonyl (C=O) groups is 1. The van der Waals surface area contributed by atoms with Crippen LogP contribution in [0.4, 0.5) is 10.8 Å². The molecule has 2 N–H and O–H groups in total. The van der Waals surface area contributed by atoms with E-state index < -0.39 is 0 Å². The van der Waals surface area contributed by atoms with Gasteiger partial charge in [0.05, 0.1) is 29.2 Å². The molecular weight excluding hydrogens is 412 g/mol. The molecule has 1 heterocycles. The van der Waals surface area contributed by atoms with Crippen LogP contribution in [0.3, 0.4) is 0 Å². The molecule has 0 unspecified atom stereocenters. The van der Waals surface area contributed by atoms with Gasteiger partial charge >= 0.3 is 0 Å². The lowest BCUT2D eigenvalue weighted by atomic mass is 10.2. The van der Waals surface area contributed by atoms with E-state index in [0.717, 1.165) is 20.9 Å². The van der Waals surface area contributed by atoms with E-state index in [0.29, 0.717) is 17.2 Å². The molecular formula is C23H20N4O3S. The van der Waals surface area contributed by atoms with Crippen LogP contribution >= 0.6 is 11.3 Å². The lowest BCUT2D eigenvalue weighted by molar-refractivity contribution is -0.118. The third-order valence-corrected chi connectivity index (χ3v) is 5.24. The highest BCUT2D eigenvalue weighted by molar-refractivity contribution is 7.22. The number of rotatable bonds is 8. The van der Waals surface area contributed by atoms with E-state index in [1.165, 1.54) is 0 Å². The molecule has 4 aromatic rings. The zero-order chi connectivity index (χ0) is 21.5. The number of hydrazone groups is 1. The maximum Gasteiger partial charge on any atom is 0.262 e. The zero-order valence-electron chi connectivity index (χ0n) is 16.7. The summed E-state index contributed by atoms with van der Waals surface area (Å²) in [4.78, 5) is 16.6. The van der Waals surface area contributed by atoms with E-state index in [4.69, 9.17) is 9.47 Å². The van der Waals surface area contributed by atoms with E-state index in [1.54, 1.807) is 48.9 Å². The first-order chi connectivity index (χ1) is 15.2. The first-order valence-electron chi connectivity index (χ1n) is 9.51. The van der Waals surface area contributed by atoms with Gasteiger partial charge in [0.2, 0.25) is 5.13 Å². The number of benzene rings is 3. The maximum atomic E-state index is 12.1. The van der Waals surface area contributed by atoms with Crippen molar-refractivity contribution in [1.29, 1.82) is 0 Å². The Balaban J connectivity index is 1.27. The number of carbonyl (C=O) groups excluding carboxylic acids is 1. The summed E-state index contributed by atoms with van der Waals surface area (Å²) in [5, 5.41) is 7.74. The molecule has 0 atom stereocenters. The van der Waals surface area contributed by atoms with Crippen molar-refractivity contribution in [2.45, 2.75) is 0 Å². The van der Waals surface area contributed by atoms with Crippen LogP contribution in [0, 0.1) is 0 Å². The summed E-state index contributed by atoms with van der Waals surface area (Å²) in [7, 11) is 1.56. The fourth-order valence-corrected chi connectivity index (χ4v) is 3.63. The third-order valence-electron chi connectivity index (χ3n) is 4.30. The summed E-state index contributed by atoms with van der Waals surface area (Å²) in [5.41, 5.74) is 5.39. The van der Waals surface area contributed by atoms with Crippen LogP contribution in [-0.2, 0) is 4.79 Å². The van der Waals surface area contributed by atoms with Gasteiger partial charge in [-0.1, -0.05) is 35.6 Å². The molecule has 0 saturated carbocycles. The highest BCUT2D eigenvalue weighted by Crippen LogP contribution is 2.25. The van der Waals surface area contributed by atoms with Crippen LogP contribution in [-0.4, -0.2) is 30.8 Å². The molecule has 1 amide bonds. The second kappa shape index (κ2) is 9.73. The summed E-state index contributed by atoms with van der Waals surface area (Å²) in [6.07, 6.45) is 1.70. The first-order valence-corrected chi connectivity index (χ1v) is 10.3. The maximum absolute atomic E-state index is 12.1. The molecule has 0 aliphatic carbocycles. The Labute approximate surface area is 183 Å². The Hall–Kier alpha value is -3.91. The average Bonchev–Trinajstić information content (AvgIpc) is 3.22. The predicted octanol–water partition coefficient (Wildman–Crippen LogP) is 4.77. The van der Waals surface area contributed by atoms with Gasteiger partial charge in [0.15, 0.2) is 6.61 Å². The van der Waals surface area contributed by atoms with Gasteiger partial charge in [0, 0.05) is 0 Å². The number of hydrogen-bond donors (Lipinski definition) is 2. The molecule has 0 spiro atoms. The molecule has 0 fully saturated rings. The van der Waals surface area contributed by atoms with Crippen LogP contribution in [0.1, 0.15) is 5.56 Å². The van der Waals surface area contributed by atoms with E-state index in [1.807, 2.05) is 48.5 Å². The van der Waals surface area contributed by atoms with E-state index in [-0.39, 0.29) is 12.5 Å². The standard InChI is InChI=1S/C23H20N4O3S/c1-29-20-8-4-2-6-18(20)25-22(28)15-30-17-12-10-16(11-13-17)14-24-27-23-26-19-7-3-5-9-21(19)31-23/h2-14H,15H2,1H3,(H,25,28)(H,26,27)/b24-14-. The lowest BCUT2D eigenvalue weighted by Crippen LogP contribution is -2.20. The SMILES string of the molecule is COc1ccccc1NC(=O)COc1ccc(/C=N\Nc2nc3ccccc3s2)cc1. The molecule has 156 valence electrons. The van der Waals surface area contributed by atoms with Crippen molar-refractivity contribution in [2.24, 2.45) is 5.10 Å². The van der Waals surface area contributed by atoms with Crippen molar-refractivity contribution in [2.75, 3.05) is 24.5 Å². The monoisotopic (exact) mass is 432 g/mol. The van der Waals surface area contributed by atoms with Crippen LogP contribution in [0.2, 0.25) is 0 Å². The summed E-state index contributed by atoms with van der Waals surface area (Å²) in [6, 6.07) is 22.4. The van der Waals surface area contributed by atoms with Gasteiger partial charge in [-0.05, 0) is 54.1 Å². The Morgan fingerprint density at radius 2 is 1.84 bits per heavy atom. The molecule has 0 aliphatic heterocycles. The van der Waals surface area contributed by atoms with Gasteiger partial charge in [-0.2, -0.15) is 5.10 Å². The minimum atomic E-state index is -0.268. The minimum Gasteiger partial charge on any atom is -0.495 e. The number of thiazole rings is 1. The molecule has 0 saturated heterocycles. The summed E-state index contributed by atoms with van der Waals surface area (Å²) >= 11 is 1.55. The molecule has 0 radical (unpaired) electrons. The fourth-order valence-electron chi connectivity index (χ4n) is 2.82. The second-order valence-corrected chi connectivity index (χ2v) is 7.49. The Morgan fingerprint density at radius 1 is 1.06 bits per heavy atom. The number of anilines is 2. The van der Waals surface area contributed by atoms with Crippen molar-refractivity contribution < 1.29 is 14.3 Å². The molecule has 8 heteroatoms. The highest BCUT2D eigenvalue weighted by atomic mass is 32.1. The van der Waals surface area contributed by atoms with E-state index in [2.05, 4.69) is 20.8 Å². The molecule has 0 bridgehead atoms. The largest absolute Gasteiger partial charge is 0.495 e. The quantitative estimate of drug-likeness (QED) is 0.310. The lowest BCUT2D eigenvalue weighted by Gasteiger charge is -2.10. The predicted molar refractivity (Wildman–Crippen MR) is 124 cm³/mol. The Bertz CT molecular complexity index is 1170. The van der Waals surface area contributed by atoms with E-state index in [9.17, 15) is 4.79 Å². The van der Waals surface area contributed by atoms with Crippen molar-refractivity contribution in [1.82, 2.24) is 4.98 Å². The van der Waals surface area contributed by atoms with E-state index >= 15 is 0 Å².